The summed E-state index contributed by atoms with van der Waals surface area (Å²) in [5, 5.41) is 3.24. The van der Waals surface area contributed by atoms with Crippen molar-refractivity contribution in [1.29, 1.82) is 0 Å². The zero-order chi connectivity index (χ0) is 19.8. The first-order valence-electron chi connectivity index (χ1n) is 10.1. The second-order valence-electron chi connectivity index (χ2n) is 7.73. The molecule has 0 bridgehead atoms. The minimum Gasteiger partial charge on any atom is -0.354 e. The third-order valence-electron chi connectivity index (χ3n) is 5.78. The molecule has 0 atom stereocenters. The normalized spacial score (nSPS) is 18.6. The second-order valence-corrected chi connectivity index (χ2v) is 8.63. The van der Waals surface area contributed by atoms with Crippen LogP contribution in [0.3, 0.4) is 0 Å². The molecule has 29 heavy (non-hydrogen) atoms. The Morgan fingerprint density at radius 1 is 0.828 bits per heavy atom. The number of piperazine rings is 2. The van der Waals surface area contributed by atoms with Crippen molar-refractivity contribution in [2.45, 2.75) is 6.92 Å². The topological polar surface area (TPSA) is 64.5 Å². The smallest absolute Gasteiger partial charge is 0.140 e. The van der Waals surface area contributed by atoms with Crippen LogP contribution in [0.2, 0.25) is 0 Å². The minimum atomic E-state index is 0.842. The molecular weight excluding hydrogens is 384 g/mol. The van der Waals surface area contributed by atoms with Crippen LogP contribution in [-0.2, 0) is 0 Å². The fourth-order valence-corrected chi connectivity index (χ4v) is 4.80. The molecule has 9 heteroatoms. The number of rotatable bonds is 3. The van der Waals surface area contributed by atoms with E-state index in [1.54, 1.807) is 17.7 Å². The molecule has 0 spiro atoms. The van der Waals surface area contributed by atoms with Gasteiger partial charge >= 0.3 is 0 Å². The first kappa shape index (κ1) is 18.5. The summed E-state index contributed by atoms with van der Waals surface area (Å²) in [4.78, 5) is 28.9. The largest absolute Gasteiger partial charge is 0.354 e. The molecule has 0 aliphatic carbocycles. The van der Waals surface area contributed by atoms with E-state index in [-0.39, 0.29) is 0 Å². The summed E-state index contributed by atoms with van der Waals surface area (Å²) in [5.74, 6) is 3.98. The predicted molar refractivity (Wildman–Crippen MR) is 118 cm³/mol. The van der Waals surface area contributed by atoms with Crippen LogP contribution in [0.4, 0.5) is 17.5 Å². The molecular formula is C20H26N8S. The van der Waals surface area contributed by atoms with Gasteiger partial charge in [-0.1, -0.05) is 0 Å². The average molecular weight is 411 g/mol. The second kappa shape index (κ2) is 7.72. The summed E-state index contributed by atoms with van der Waals surface area (Å²) in [6, 6.07) is 4.29. The van der Waals surface area contributed by atoms with E-state index in [0.717, 1.165) is 85.9 Å². The monoisotopic (exact) mass is 410 g/mol. The van der Waals surface area contributed by atoms with Gasteiger partial charge in [0.05, 0.1) is 5.39 Å². The van der Waals surface area contributed by atoms with Gasteiger partial charge in [-0.25, -0.2) is 19.9 Å². The standard InChI is InChI=1S/C20H26N8S/c1-15-23-17(26-6-4-25(2)5-7-26)13-18(24-15)27-8-10-28(11-9-27)19-16-3-12-29-20(16)22-14-21-19/h3,12-14H,4-11H2,1-2H3. The Hall–Kier alpha value is -2.52. The third-order valence-corrected chi connectivity index (χ3v) is 6.60. The number of thiophene rings is 1. The van der Waals surface area contributed by atoms with Gasteiger partial charge in [0.15, 0.2) is 0 Å². The van der Waals surface area contributed by atoms with Crippen molar-refractivity contribution in [2.75, 3.05) is 74.1 Å². The van der Waals surface area contributed by atoms with Crippen molar-refractivity contribution in [3.63, 3.8) is 0 Å². The third kappa shape index (κ3) is 3.72. The molecule has 5 heterocycles. The van der Waals surface area contributed by atoms with Crippen molar-refractivity contribution in [3.05, 3.63) is 29.7 Å². The van der Waals surface area contributed by atoms with E-state index in [4.69, 9.17) is 9.97 Å². The van der Waals surface area contributed by atoms with Gasteiger partial charge in [0.1, 0.15) is 34.4 Å². The highest BCUT2D eigenvalue weighted by Gasteiger charge is 2.23. The Kier molecular flexibility index (Phi) is 4.92. The Morgan fingerprint density at radius 2 is 1.45 bits per heavy atom. The van der Waals surface area contributed by atoms with Gasteiger partial charge < -0.3 is 19.6 Å². The average Bonchev–Trinajstić information content (AvgIpc) is 3.23. The Bertz CT molecular complexity index is 989. The summed E-state index contributed by atoms with van der Waals surface area (Å²) in [6.07, 6.45) is 1.68. The summed E-state index contributed by atoms with van der Waals surface area (Å²) >= 11 is 1.67. The van der Waals surface area contributed by atoms with Crippen LogP contribution >= 0.6 is 11.3 Å². The first-order valence-corrected chi connectivity index (χ1v) is 11.0. The number of likely N-dealkylation sites (N-methyl/N-ethyl adjacent to an activating group) is 1. The maximum Gasteiger partial charge on any atom is 0.140 e. The van der Waals surface area contributed by atoms with E-state index < -0.39 is 0 Å². The molecule has 3 aromatic rings. The van der Waals surface area contributed by atoms with E-state index >= 15 is 0 Å². The lowest BCUT2D eigenvalue weighted by Gasteiger charge is -2.37. The van der Waals surface area contributed by atoms with E-state index in [1.165, 1.54) is 0 Å². The van der Waals surface area contributed by atoms with Gasteiger partial charge in [0.25, 0.3) is 0 Å². The maximum absolute atomic E-state index is 4.74. The summed E-state index contributed by atoms with van der Waals surface area (Å²) < 4.78 is 0. The van der Waals surface area contributed by atoms with E-state index in [2.05, 4.69) is 54.1 Å². The van der Waals surface area contributed by atoms with Crippen molar-refractivity contribution < 1.29 is 0 Å². The fourth-order valence-electron chi connectivity index (χ4n) is 4.07. The molecule has 2 aliphatic heterocycles. The number of nitrogens with zero attached hydrogens (tertiary/aromatic N) is 8. The molecule has 0 N–H and O–H groups in total. The van der Waals surface area contributed by atoms with Gasteiger partial charge in [-0.15, -0.1) is 11.3 Å². The number of hydrogen-bond donors (Lipinski definition) is 0. The van der Waals surface area contributed by atoms with Crippen molar-refractivity contribution in [1.82, 2.24) is 24.8 Å². The lowest BCUT2D eigenvalue weighted by molar-refractivity contribution is 0.312. The number of fused-ring (bicyclic) bond motifs is 1. The molecule has 5 rings (SSSR count). The predicted octanol–water partition coefficient (Wildman–Crippen LogP) is 1.87. The lowest BCUT2D eigenvalue weighted by Crippen LogP contribution is -2.47. The molecule has 0 aromatic carbocycles. The van der Waals surface area contributed by atoms with Crippen LogP contribution < -0.4 is 14.7 Å². The van der Waals surface area contributed by atoms with Crippen LogP contribution in [0, 0.1) is 6.92 Å². The number of anilines is 3. The molecule has 2 fully saturated rings. The minimum absolute atomic E-state index is 0.842. The highest BCUT2D eigenvalue weighted by atomic mass is 32.1. The Balaban J connectivity index is 1.31. The van der Waals surface area contributed by atoms with Crippen LogP contribution in [0.1, 0.15) is 5.82 Å². The summed E-state index contributed by atoms with van der Waals surface area (Å²) in [5.41, 5.74) is 0. The molecule has 0 radical (unpaired) electrons. The first-order chi connectivity index (χ1) is 14.2. The number of aryl methyl sites for hydroxylation is 1. The van der Waals surface area contributed by atoms with Gasteiger partial charge in [-0.2, -0.15) is 0 Å². The molecule has 0 unspecified atom stereocenters. The lowest BCUT2D eigenvalue weighted by atomic mass is 10.2. The van der Waals surface area contributed by atoms with Gasteiger partial charge in [0, 0.05) is 58.4 Å². The maximum atomic E-state index is 4.74. The highest BCUT2D eigenvalue weighted by Crippen LogP contribution is 2.28. The van der Waals surface area contributed by atoms with E-state index in [1.807, 2.05) is 6.92 Å². The molecule has 3 aromatic heterocycles. The summed E-state index contributed by atoms with van der Waals surface area (Å²) in [6.45, 7) is 9.88. The SMILES string of the molecule is Cc1nc(N2CCN(C)CC2)cc(N2CCN(c3ncnc4sccc34)CC2)n1. The van der Waals surface area contributed by atoms with E-state index in [9.17, 15) is 0 Å². The Labute approximate surface area is 174 Å². The van der Waals surface area contributed by atoms with Crippen molar-refractivity contribution >= 4 is 39.0 Å². The van der Waals surface area contributed by atoms with Crippen LogP contribution in [0.15, 0.2) is 23.8 Å². The van der Waals surface area contributed by atoms with Gasteiger partial charge in [-0.05, 0) is 25.4 Å². The van der Waals surface area contributed by atoms with Crippen molar-refractivity contribution in [2.24, 2.45) is 0 Å². The number of hydrogen-bond acceptors (Lipinski definition) is 9. The molecule has 8 nitrogen and oxygen atoms in total. The van der Waals surface area contributed by atoms with Crippen molar-refractivity contribution in [3.8, 4) is 0 Å². The zero-order valence-corrected chi connectivity index (χ0v) is 17.8. The zero-order valence-electron chi connectivity index (χ0n) is 17.0. The van der Waals surface area contributed by atoms with Gasteiger partial charge in [-0.3, -0.25) is 0 Å². The van der Waals surface area contributed by atoms with Crippen LogP contribution in [0.25, 0.3) is 10.2 Å². The molecule has 2 aliphatic rings. The van der Waals surface area contributed by atoms with E-state index in [0.29, 0.717) is 0 Å². The molecule has 0 amide bonds. The molecule has 0 saturated carbocycles. The quantitative estimate of drug-likeness (QED) is 0.648. The number of aromatic nitrogens is 4. The summed E-state index contributed by atoms with van der Waals surface area (Å²) in [7, 11) is 2.18. The Morgan fingerprint density at radius 3 is 2.14 bits per heavy atom. The van der Waals surface area contributed by atoms with Crippen LogP contribution in [0.5, 0.6) is 0 Å². The van der Waals surface area contributed by atoms with Crippen LogP contribution in [-0.4, -0.2) is 84.2 Å². The molecule has 152 valence electrons. The highest BCUT2D eigenvalue weighted by molar-refractivity contribution is 7.16. The van der Waals surface area contributed by atoms with Gasteiger partial charge in [0.2, 0.25) is 0 Å². The fraction of sp³-hybridized carbons (Fsp3) is 0.500. The molecule has 2 saturated heterocycles.